The molecule has 7 heteroatoms. The molecular formula is C10H19IN2O2Si2. The molecule has 0 N–H and O–H groups in total. The Balaban J connectivity index is 2.95. The Labute approximate surface area is 119 Å². The van der Waals surface area contributed by atoms with Gasteiger partial charge in [0.2, 0.25) is 22.5 Å². The van der Waals surface area contributed by atoms with E-state index >= 15 is 0 Å². The topological polar surface area (TPSA) is 44.2 Å². The first-order valence-electron chi connectivity index (χ1n) is 5.48. The van der Waals surface area contributed by atoms with Gasteiger partial charge in [-0.2, -0.15) is 9.97 Å². The zero-order valence-corrected chi connectivity index (χ0v) is 15.3. The smallest absolute Gasteiger partial charge is 0.306 e. The molecule has 0 saturated heterocycles. The number of hydrogen-bond acceptors (Lipinski definition) is 4. The van der Waals surface area contributed by atoms with E-state index in [0.717, 1.165) is 3.70 Å². The zero-order chi connectivity index (χ0) is 13.3. The van der Waals surface area contributed by atoms with Gasteiger partial charge in [0.05, 0.1) is 0 Å². The largest absolute Gasteiger partial charge is 0.531 e. The summed E-state index contributed by atoms with van der Waals surface area (Å²) in [5.74, 6) is 0.622. The van der Waals surface area contributed by atoms with Crippen molar-refractivity contribution in [3.8, 4) is 11.9 Å². The summed E-state index contributed by atoms with van der Waals surface area (Å²) >= 11 is 2.15. The van der Waals surface area contributed by atoms with Crippen LogP contribution in [-0.2, 0) is 0 Å². The summed E-state index contributed by atoms with van der Waals surface area (Å²) in [5.41, 5.74) is 0. The van der Waals surface area contributed by atoms with E-state index in [2.05, 4.69) is 71.8 Å². The molecule has 4 nitrogen and oxygen atoms in total. The third-order valence-corrected chi connectivity index (χ3v) is 3.63. The molecule has 0 aromatic carbocycles. The van der Waals surface area contributed by atoms with E-state index < -0.39 is 16.6 Å². The van der Waals surface area contributed by atoms with Gasteiger partial charge >= 0.3 is 6.01 Å². The molecule has 0 bridgehead atoms. The molecular weight excluding hydrogens is 363 g/mol. The molecule has 96 valence electrons. The van der Waals surface area contributed by atoms with Crippen molar-refractivity contribution < 1.29 is 8.85 Å². The molecule has 0 fully saturated rings. The fourth-order valence-electron chi connectivity index (χ4n) is 1.06. The van der Waals surface area contributed by atoms with Crippen LogP contribution in [0.4, 0.5) is 0 Å². The van der Waals surface area contributed by atoms with Crippen molar-refractivity contribution in [3.63, 3.8) is 0 Å². The second-order valence-corrected chi connectivity index (χ2v) is 15.7. The molecule has 0 saturated carbocycles. The Morgan fingerprint density at radius 3 is 1.94 bits per heavy atom. The molecule has 1 rings (SSSR count). The van der Waals surface area contributed by atoms with Gasteiger partial charge in [-0.15, -0.1) is 0 Å². The van der Waals surface area contributed by atoms with E-state index in [0.29, 0.717) is 11.9 Å². The van der Waals surface area contributed by atoms with Gasteiger partial charge in [0, 0.05) is 6.07 Å². The lowest BCUT2D eigenvalue weighted by Crippen LogP contribution is -2.32. The summed E-state index contributed by atoms with van der Waals surface area (Å²) in [7, 11) is -3.32. The van der Waals surface area contributed by atoms with Gasteiger partial charge < -0.3 is 8.85 Å². The highest BCUT2D eigenvalue weighted by atomic mass is 127. The van der Waals surface area contributed by atoms with E-state index in [9.17, 15) is 0 Å². The first-order valence-corrected chi connectivity index (χ1v) is 13.4. The highest BCUT2D eigenvalue weighted by molar-refractivity contribution is 14.1. The zero-order valence-electron chi connectivity index (χ0n) is 11.2. The van der Waals surface area contributed by atoms with Crippen LogP contribution < -0.4 is 8.85 Å². The molecule has 0 aliphatic heterocycles. The minimum Gasteiger partial charge on any atom is -0.531 e. The van der Waals surface area contributed by atoms with Crippen LogP contribution in [0.2, 0.25) is 39.3 Å². The number of nitrogens with zero attached hydrogens (tertiary/aromatic N) is 2. The van der Waals surface area contributed by atoms with E-state index in [-0.39, 0.29) is 0 Å². The van der Waals surface area contributed by atoms with Crippen LogP contribution in [-0.4, -0.2) is 26.6 Å². The number of hydrogen-bond donors (Lipinski definition) is 0. The van der Waals surface area contributed by atoms with Crippen LogP contribution in [0, 0.1) is 3.70 Å². The van der Waals surface area contributed by atoms with Crippen LogP contribution in [0.3, 0.4) is 0 Å². The first kappa shape index (κ1) is 14.9. The maximum Gasteiger partial charge on any atom is 0.306 e. The van der Waals surface area contributed by atoms with Gasteiger partial charge in [-0.1, -0.05) is 0 Å². The SMILES string of the molecule is C[Si](C)(C)Oc1cc(I)nc(O[Si](C)(C)C)n1. The van der Waals surface area contributed by atoms with Crippen molar-refractivity contribution in [2.75, 3.05) is 0 Å². The molecule has 0 spiro atoms. The highest BCUT2D eigenvalue weighted by Crippen LogP contribution is 2.20. The van der Waals surface area contributed by atoms with Crippen molar-refractivity contribution in [1.82, 2.24) is 9.97 Å². The minimum absolute atomic E-state index is 0.435. The fraction of sp³-hybridized carbons (Fsp3) is 0.600. The monoisotopic (exact) mass is 382 g/mol. The van der Waals surface area contributed by atoms with Gasteiger partial charge in [0.25, 0.3) is 0 Å². The summed E-state index contributed by atoms with van der Waals surface area (Å²) in [5, 5.41) is 0. The quantitative estimate of drug-likeness (QED) is 0.454. The Morgan fingerprint density at radius 1 is 0.941 bits per heavy atom. The molecule has 0 aliphatic rings. The summed E-state index contributed by atoms with van der Waals surface area (Å²) in [4.78, 5) is 8.59. The fourth-order valence-corrected chi connectivity index (χ4v) is 2.91. The maximum absolute atomic E-state index is 5.86. The molecule has 17 heavy (non-hydrogen) atoms. The minimum atomic E-state index is -1.68. The van der Waals surface area contributed by atoms with Crippen LogP contribution in [0.5, 0.6) is 11.9 Å². The van der Waals surface area contributed by atoms with Crippen LogP contribution >= 0.6 is 22.6 Å². The lowest BCUT2D eigenvalue weighted by atomic mass is 10.6. The van der Waals surface area contributed by atoms with Gasteiger partial charge in [0.1, 0.15) is 3.70 Å². The Bertz CT molecular complexity index is 368. The summed E-state index contributed by atoms with van der Waals surface area (Å²) < 4.78 is 12.5. The van der Waals surface area contributed by atoms with E-state index in [1.807, 2.05) is 6.07 Å². The lowest BCUT2D eigenvalue weighted by molar-refractivity contribution is 0.474. The molecule has 0 atom stereocenters. The maximum atomic E-state index is 5.86. The van der Waals surface area contributed by atoms with Crippen molar-refractivity contribution in [1.29, 1.82) is 0 Å². The van der Waals surface area contributed by atoms with Crippen molar-refractivity contribution in [3.05, 3.63) is 9.77 Å². The van der Waals surface area contributed by atoms with Gasteiger partial charge in [-0.25, -0.2) is 0 Å². The molecule has 1 aromatic rings. The normalized spacial score (nSPS) is 12.4. The van der Waals surface area contributed by atoms with Crippen LogP contribution in [0.15, 0.2) is 6.07 Å². The Hall–Kier alpha value is -0.156. The highest BCUT2D eigenvalue weighted by Gasteiger charge is 2.21. The third kappa shape index (κ3) is 6.36. The average molecular weight is 382 g/mol. The van der Waals surface area contributed by atoms with Gasteiger partial charge in [-0.3, -0.25) is 0 Å². The predicted molar refractivity (Wildman–Crippen MR) is 82.7 cm³/mol. The Kier molecular flexibility index (Phi) is 4.58. The summed E-state index contributed by atoms with van der Waals surface area (Å²) in [6, 6.07) is 2.28. The molecule has 0 amide bonds. The molecule has 0 aliphatic carbocycles. The third-order valence-electron chi connectivity index (χ3n) is 1.46. The van der Waals surface area contributed by atoms with E-state index in [1.54, 1.807) is 0 Å². The summed E-state index contributed by atoms with van der Waals surface area (Å²) in [6.07, 6.45) is 0. The van der Waals surface area contributed by atoms with Crippen molar-refractivity contribution in [2.45, 2.75) is 39.3 Å². The molecule has 0 unspecified atom stereocenters. The van der Waals surface area contributed by atoms with E-state index in [1.165, 1.54) is 0 Å². The van der Waals surface area contributed by atoms with Crippen LogP contribution in [0.1, 0.15) is 0 Å². The number of rotatable bonds is 4. The standard InChI is InChI=1S/C10H19IN2O2Si2/c1-16(2,3)14-9-7-8(11)12-10(13-9)15-17(4,5)6/h7H,1-6H3. The lowest BCUT2D eigenvalue weighted by Gasteiger charge is -2.21. The second-order valence-electron chi connectivity index (χ2n) is 5.74. The van der Waals surface area contributed by atoms with Gasteiger partial charge in [-0.05, 0) is 61.9 Å². The Morgan fingerprint density at radius 2 is 1.47 bits per heavy atom. The number of aromatic nitrogens is 2. The summed E-state index contributed by atoms with van der Waals surface area (Å²) in [6.45, 7) is 12.7. The second kappa shape index (κ2) is 5.23. The van der Waals surface area contributed by atoms with Crippen molar-refractivity contribution in [2.24, 2.45) is 0 Å². The average Bonchev–Trinajstić information content (AvgIpc) is 1.93. The molecule has 1 heterocycles. The molecule has 1 aromatic heterocycles. The number of halogens is 1. The molecule has 0 radical (unpaired) electrons. The van der Waals surface area contributed by atoms with Crippen LogP contribution in [0.25, 0.3) is 0 Å². The van der Waals surface area contributed by atoms with Crippen molar-refractivity contribution >= 4 is 39.2 Å². The van der Waals surface area contributed by atoms with Gasteiger partial charge in [0.15, 0.2) is 0 Å². The predicted octanol–water partition coefficient (Wildman–Crippen LogP) is 3.51. The first-order chi connectivity index (χ1) is 7.55. The van der Waals surface area contributed by atoms with E-state index in [4.69, 9.17) is 8.85 Å².